The zero-order chi connectivity index (χ0) is 10.4. The van der Waals surface area contributed by atoms with Crippen LogP contribution < -0.4 is 0 Å². The lowest BCUT2D eigenvalue weighted by atomic mass is 10.3. The van der Waals surface area contributed by atoms with Crippen LogP contribution in [0, 0.1) is 10.1 Å². The van der Waals surface area contributed by atoms with Crippen molar-refractivity contribution in [3.05, 3.63) is 47.0 Å². The van der Waals surface area contributed by atoms with Gasteiger partial charge in [-0.15, -0.1) is 6.58 Å². The summed E-state index contributed by atoms with van der Waals surface area (Å²) in [7, 11) is 3.12. The van der Waals surface area contributed by atoms with Crippen molar-refractivity contribution in [2.45, 2.75) is 4.90 Å². The van der Waals surface area contributed by atoms with Crippen molar-refractivity contribution in [3.63, 3.8) is 0 Å². The highest BCUT2D eigenvalue weighted by Crippen LogP contribution is 2.32. The Bertz CT molecular complexity index is 341. The van der Waals surface area contributed by atoms with E-state index in [1.807, 2.05) is 6.07 Å². The molecule has 0 aromatic heterocycles. The van der Waals surface area contributed by atoms with E-state index in [1.54, 1.807) is 29.0 Å². The van der Waals surface area contributed by atoms with Crippen molar-refractivity contribution in [1.29, 1.82) is 0 Å². The van der Waals surface area contributed by atoms with Crippen LogP contribution in [0.1, 0.15) is 0 Å². The SMILES string of the molecule is C=CCSSc1cccc([N+](=O)[O-])c1. The molecule has 1 aromatic rings. The first-order chi connectivity index (χ1) is 6.74. The number of hydrogen-bond acceptors (Lipinski definition) is 4. The molecule has 0 bridgehead atoms. The van der Waals surface area contributed by atoms with Crippen LogP contribution in [-0.4, -0.2) is 10.7 Å². The van der Waals surface area contributed by atoms with E-state index in [0.717, 1.165) is 10.6 Å². The minimum absolute atomic E-state index is 0.134. The van der Waals surface area contributed by atoms with Crippen molar-refractivity contribution in [3.8, 4) is 0 Å². The Labute approximate surface area is 90.1 Å². The van der Waals surface area contributed by atoms with Crippen molar-refractivity contribution in [1.82, 2.24) is 0 Å². The van der Waals surface area contributed by atoms with Crippen LogP contribution in [0.4, 0.5) is 5.69 Å². The topological polar surface area (TPSA) is 43.1 Å². The van der Waals surface area contributed by atoms with Crippen LogP contribution >= 0.6 is 21.6 Å². The second kappa shape index (κ2) is 5.72. The van der Waals surface area contributed by atoms with Crippen molar-refractivity contribution in [2.75, 3.05) is 5.75 Å². The molecular formula is C9H9NO2S2. The fraction of sp³-hybridized carbons (Fsp3) is 0.111. The highest BCUT2D eigenvalue weighted by atomic mass is 33.1. The molecule has 0 unspecified atom stereocenters. The molecule has 1 aromatic carbocycles. The van der Waals surface area contributed by atoms with Gasteiger partial charge in [0.2, 0.25) is 0 Å². The molecule has 74 valence electrons. The number of nitro groups is 1. The molecule has 0 fully saturated rings. The second-order valence-corrected chi connectivity index (χ2v) is 4.83. The minimum atomic E-state index is -0.387. The maximum absolute atomic E-state index is 10.5. The smallest absolute Gasteiger partial charge is 0.258 e. The van der Waals surface area contributed by atoms with Crippen LogP contribution in [0.15, 0.2) is 41.8 Å². The number of nitro benzene ring substituents is 1. The van der Waals surface area contributed by atoms with Gasteiger partial charge in [0.25, 0.3) is 5.69 Å². The lowest BCUT2D eigenvalue weighted by Gasteiger charge is -1.97. The second-order valence-electron chi connectivity index (χ2n) is 2.41. The van der Waals surface area contributed by atoms with E-state index in [-0.39, 0.29) is 10.6 Å². The van der Waals surface area contributed by atoms with E-state index in [0.29, 0.717) is 0 Å². The molecule has 0 aliphatic heterocycles. The molecular weight excluding hydrogens is 218 g/mol. The van der Waals surface area contributed by atoms with Crippen molar-refractivity contribution >= 4 is 27.3 Å². The molecule has 1 rings (SSSR count). The number of rotatable bonds is 5. The van der Waals surface area contributed by atoms with Gasteiger partial charge in [-0.1, -0.05) is 33.7 Å². The molecule has 0 amide bonds. The Kier molecular flexibility index (Phi) is 4.55. The first-order valence-electron chi connectivity index (χ1n) is 3.89. The molecule has 0 radical (unpaired) electrons. The minimum Gasteiger partial charge on any atom is -0.258 e. The Morgan fingerprint density at radius 1 is 1.57 bits per heavy atom. The number of hydrogen-bond donors (Lipinski definition) is 0. The van der Waals surface area contributed by atoms with Gasteiger partial charge >= 0.3 is 0 Å². The third-order valence-corrected chi connectivity index (χ3v) is 3.64. The molecule has 0 aliphatic rings. The molecule has 0 heterocycles. The third kappa shape index (κ3) is 3.43. The summed E-state index contributed by atoms with van der Waals surface area (Å²) in [5, 5.41) is 10.5. The van der Waals surface area contributed by atoms with Crippen LogP contribution in [0.3, 0.4) is 0 Å². The van der Waals surface area contributed by atoms with Gasteiger partial charge in [0.1, 0.15) is 0 Å². The highest BCUT2D eigenvalue weighted by Gasteiger charge is 2.05. The largest absolute Gasteiger partial charge is 0.270 e. The monoisotopic (exact) mass is 227 g/mol. The maximum atomic E-state index is 10.5. The van der Waals surface area contributed by atoms with Gasteiger partial charge in [-0.3, -0.25) is 10.1 Å². The fourth-order valence-electron chi connectivity index (χ4n) is 0.799. The first kappa shape index (κ1) is 11.1. The first-order valence-corrected chi connectivity index (χ1v) is 6.21. The predicted octanol–water partition coefficient (Wildman–Crippen LogP) is 3.52. The molecule has 3 nitrogen and oxygen atoms in total. The number of nitrogens with zero attached hydrogens (tertiary/aromatic N) is 1. The van der Waals surface area contributed by atoms with E-state index in [1.165, 1.54) is 16.9 Å². The summed E-state index contributed by atoms with van der Waals surface area (Å²) in [4.78, 5) is 11.0. The van der Waals surface area contributed by atoms with E-state index < -0.39 is 0 Å². The zero-order valence-electron chi connectivity index (χ0n) is 7.38. The van der Waals surface area contributed by atoms with Gasteiger partial charge in [-0.25, -0.2) is 0 Å². The van der Waals surface area contributed by atoms with Gasteiger partial charge < -0.3 is 0 Å². The quantitative estimate of drug-likeness (QED) is 0.254. The average Bonchev–Trinajstić information content (AvgIpc) is 2.19. The van der Waals surface area contributed by atoms with Gasteiger partial charge in [0.15, 0.2) is 0 Å². The maximum Gasteiger partial charge on any atom is 0.270 e. The van der Waals surface area contributed by atoms with Gasteiger partial charge in [0.05, 0.1) is 4.92 Å². The summed E-state index contributed by atoms with van der Waals surface area (Å²) in [6, 6.07) is 6.60. The van der Waals surface area contributed by atoms with Crippen LogP contribution in [0.2, 0.25) is 0 Å². The van der Waals surface area contributed by atoms with Crippen LogP contribution in [0.5, 0.6) is 0 Å². The Balaban J connectivity index is 2.63. The Hall–Kier alpha value is -0.940. The molecule has 0 saturated carbocycles. The van der Waals surface area contributed by atoms with E-state index >= 15 is 0 Å². The summed E-state index contributed by atoms with van der Waals surface area (Å²) >= 11 is 0. The molecule has 5 heteroatoms. The molecule has 0 atom stereocenters. The summed E-state index contributed by atoms with van der Waals surface area (Å²) < 4.78 is 0. The average molecular weight is 227 g/mol. The molecule has 0 saturated heterocycles. The van der Waals surface area contributed by atoms with Gasteiger partial charge in [0, 0.05) is 22.8 Å². The third-order valence-electron chi connectivity index (χ3n) is 1.37. The molecule has 0 N–H and O–H groups in total. The highest BCUT2D eigenvalue weighted by molar-refractivity contribution is 8.76. The number of benzene rings is 1. The summed E-state index contributed by atoms with van der Waals surface area (Å²) in [6.45, 7) is 3.60. The van der Waals surface area contributed by atoms with Crippen molar-refractivity contribution < 1.29 is 4.92 Å². The molecule has 0 aliphatic carbocycles. The molecule has 14 heavy (non-hydrogen) atoms. The van der Waals surface area contributed by atoms with Gasteiger partial charge in [-0.2, -0.15) is 0 Å². The summed E-state index contributed by atoms with van der Waals surface area (Å²) in [5.74, 6) is 0.827. The predicted molar refractivity (Wildman–Crippen MR) is 61.6 cm³/mol. The summed E-state index contributed by atoms with van der Waals surface area (Å²) in [6.07, 6.45) is 1.80. The summed E-state index contributed by atoms with van der Waals surface area (Å²) in [5.41, 5.74) is 0.134. The standard InChI is InChI=1S/C9H9NO2S2/c1-2-6-13-14-9-5-3-4-8(7-9)10(11)12/h2-5,7H,1,6H2. The fourth-order valence-corrected chi connectivity index (χ4v) is 2.61. The van der Waals surface area contributed by atoms with E-state index in [4.69, 9.17) is 0 Å². The normalized spacial score (nSPS) is 9.71. The van der Waals surface area contributed by atoms with E-state index in [2.05, 4.69) is 6.58 Å². The van der Waals surface area contributed by atoms with Crippen LogP contribution in [-0.2, 0) is 0 Å². The lowest BCUT2D eigenvalue weighted by molar-refractivity contribution is -0.385. The van der Waals surface area contributed by atoms with Gasteiger partial charge in [-0.05, 0) is 6.07 Å². The Morgan fingerprint density at radius 3 is 3.00 bits per heavy atom. The molecule has 0 spiro atoms. The lowest BCUT2D eigenvalue weighted by Crippen LogP contribution is -1.86. The number of non-ortho nitro benzene ring substituents is 1. The van der Waals surface area contributed by atoms with Crippen molar-refractivity contribution in [2.24, 2.45) is 0 Å². The zero-order valence-corrected chi connectivity index (χ0v) is 9.01. The van der Waals surface area contributed by atoms with Crippen LogP contribution in [0.25, 0.3) is 0 Å². The Morgan fingerprint density at radius 2 is 2.36 bits per heavy atom. The van der Waals surface area contributed by atoms with E-state index in [9.17, 15) is 10.1 Å².